The molecule has 146 valence electrons. The molecular formula is C23H27NO2SSi. The monoisotopic (exact) mass is 409 g/mol. The molecular weight excluding hydrogens is 382 g/mol. The van der Waals surface area contributed by atoms with E-state index in [9.17, 15) is 8.42 Å². The first-order valence-electron chi connectivity index (χ1n) is 9.38. The predicted octanol–water partition coefficient (Wildman–Crippen LogP) is 4.34. The van der Waals surface area contributed by atoms with Crippen LogP contribution in [0.4, 0.5) is 0 Å². The Morgan fingerprint density at radius 3 is 1.82 bits per heavy atom. The first-order chi connectivity index (χ1) is 13.2. The normalized spacial score (nSPS) is 14.4. The van der Waals surface area contributed by atoms with Gasteiger partial charge in [0.05, 0.1) is 10.1 Å². The molecule has 1 atom stereocenters. The molecule has 28 heavy (non-hydrogen) atoms. The fourth-order valence-electron chi connectivity index (χ4n) is 3.51. The van der Waals surface area contributed by atoms with Crippen LogP contribution < -0.4 is 9.91 Å². The lowest BCUT2D eigenvalue weighted by Gasteiger charge is -2.44. The van der Waals surface area contributed by atoms with Gasteiger partial charge in [0.25, 0.3) is 0 Å². The van der Waals surface area contributed by atoms with E-state index in [0.717, 1.165) is 11.1 Å². The standard InChI is InChI=1S/C23H27NO2SSi/c1-19-15-17-21(18-16-19)27(25,26)24-23(2,20-11-7-5-8-12-20)28(3,4)22-13-9-6-10-14-22/h5-18,24H,1-4H3. The van der Waals surface area contributed by atoms with Crippen LogP contribution in [-0.4, -0.2) is 16.5 Å². The van der Waals surface area contributed by atoms with Crippen LogP contribution in [0.2, 0.25) is 13.1 Å². The maximum atomic E-state index is 13.3. The number of rotatable bonds is 6. The van der Waals surface area contributed by atoms with Gasteiger partial charge in [-0.3, -0.25) is 0 Å². The van der Waals surface area contributed by atoms with Crippen LogP contribution >= 0.6 is 0 Å². The Hall–Kier alpha value is -2.21. The predicted molar refractivity (Wildman–Crippen MR) is 119 cm³/mol. The topological polar surface area (TPSA) is 46.2 Å². The van der Waals surface area contributed by atoms with Crippen molar-refractivity contribution in [2.75, 3.05) is 0 Å². The lowest BCUT2D eigenvalue weighted by Crippen LogP contribution is -2.66. The van der Waals surface area contributed by atoms with Gasteiger partial charge in [-0.2, -0.15) is 0 Å². The van der Waals surface area contributed by atoms with E-state index in [2.05, 4.69) is 29.9 Å². The summed E-state index contributed by atoms with van der Waals surface area (Å²) in [4.78, 5) is 0.290. The van der Waals surface area contributed by atoms with E-state index in [1.54, 1.807) is 12.1 Å². The molecule has 0 aliphatic heterocycles. The molecule has 0 aliphatic carbocycles. The smallest absolute Gasteiger partial charge is 0.207 e. The van der Waals surface area contributed by atoms with Gasteiger partial charge in [-0.15, -0.1) is 0 Å². The summed E-state index contributed by atoms with van der Waals surface area (Å²) >= 11 is 0. The molecule has 3 nitrogen and oxygen atoms in total. The summed E-state index contributed by atoms with van der Waals surface area (Å²) in [5, 5.41) is 0.479. The molecule has 5 heteroatoms. The van der Waals surface area contributed by atoms with Crippen LogP contribution in [0.3, 0.4) is 0 Å². The van der Waals surface area contributed by atoms with Crippen molar-refractivity contribution in [2.24, 2.45) is 0 Å². The number of nitrogens with one attached hydrogen (secondary N) is 1. The van der Waals surface area contributed by atoms with Crippen LogP contribution in [0.5, 0.6) is 0 Å². The summed E-state index contributed by atoms with van der Waals surface area (Å²) in [5.74, 6) is 0. The van der Waals surface area contributed by atoms with Gasteiger partial charge in [-0.05, 0) is 31.5 Å². The second-order valence-electron chi connectivity index (χ2n) is 7.90. The van der Waals surface area contributed by atoms with Crippen molar-refractivity contribution in [3.8, 4) is 0 Å². The Morgan fingerprint density at radius 2 is 1.29 bits per heavy atom. The molecule has 0 radical (unpaired) electrons. The maximum absolute atomic E-state index is 13.3. The first-order valence-corrected chi connectivity index (χ1v) is 13.9. The Labute approximate surface area is 169 Å². The minimum atomic E-state index is -3.69. The molecule has 0 bridgehead atoms. The fourth-order valence-corrected chi connectivity index (χ4v) is 8.69. The molecule has 0 fully saturated rings. The molecule has 0 spiro atoms. The van der Waals surface area contributed by atoms with E-state index in [-0.39, 0.29) is 4.90 Å². The minimum Gasteiger partial charge on any atom is -0.207 e. The Kier molecular flexibility index (Phi) is 5.61. The number of aryl methyl sites for hydroxylation is 1. The Balaban J connectivity index is 2.14. The molecule has 0 aromatic heterocycles. The molecule has 3 aromatic carbocycles. The van der Waals surface area contributed by atoms with Gasteiger partial charge in [0, 0.05) is 0 Å². The summed E-state index contributed by atoms with van der Waals surface area (Å²) in [5.41, 5.74) is 2.01. The van der Waals surface area contributed by atoms with Crippen molar-refractivity contribution >= 4 is 23.3 Å². The van der Waals surface area contributed by atoms with Gasteiger partial charge in [-0.25, -0.2) is 13.1 Å². The van der Waals surface area contributed by atoms with Crippen molar-refractivity contribution in [3.05, 3.63) is 96.1 Å². The molecule has 3 rings (SSSR count). The van der Waals surface area contributed by atoms with Crippen molar-refractivity contribution in [1.29, 1.82) is 0 Å². The van der Waals surface area contributed by atoms with E-state index < -0.39 is 23.3 Å². The van der Waals surface area contributed by atoms with Crippen molar-refractivity contribution < 1.29 is 8.42 Å². The van der Waals surface area contributed by atoms with Crippen molar-refractivity contribution in [2.45, 2.75) is 37.0 Å². The van der Waals surface area contributed by atoms with Crippen LogP contribution in [0.1, 0.15) is 18.1 Å². The third-order valence-electron chi connectivity index (χ3n) is 5.77. The zero-order chi connectivity index (χ0) is 20.4. The highest BCUT2D eigenvalue weighted by atomic mass is 32.2. The van der Waals surface area contributed by atoms with Gasteiger partial charge in [0.1, 0.15) is 8.07 Å². The molecule has 3 aromatic rings. The minimum absolute atomic E-state index is 0.290. The lowest BCUT2D eigenvalue weighted by molar-refractivity contribution is 0.538. The number of hydrogen-bond acceptors (Lipinski definition) is 2. The Bertz CT molecular complexity index is 1030. The highest BCUT2D eigenvalue weighted by Gasteiger charge is 2.48. The van der Waals surface area contributed by atoms with E-state index >= 15 is 0 Å². The van der Waals surface area contributed by atoms with E-state index in [0.29, 0.717) is 0 Å². The highest BCUT2D eigenvalue weighted by molar-refractivity contribution is 7.89. The Morgan fingerprint density at radius 1 is 0.786 bits per heavy atom. The highest BCUT2D eigenvalue weighted by Crippen LogP contribution is 2.33. The number of benzene rings is 3. The van der Waals surface area contributed by atoms with Gasteiger partial charge in [-0.1, -0.05) is 96.6 Å². The van der Waals surface area contributed by atoms with E-state index in [1.807, 2.05) is 74.5 Å². The van der Waals surface area contributed by atoms with Crippen molar-refractivity contribution in [3.63, 3.8) is 0 Å². The average Bonchev–Trinajstić information content (AvgIpc) is 2.69. The van der Waals surface area contributed by atoms with Crippen LogP contribution in [0.25, 0.3) is 0 Å². The maximum Gasteiger partial charge on any atom is 0.241 e. The third-order valence-corrected chi connectivity index (χ3v) is 12.2. The van der Waals surface area contributed by atoms with Crippen LogP contribution in [0, 0.1) is 6.92 Å². The summed E-state index contributed by atoms with van der Waals surface area (Å²) in [6, 6.07) is 27.1. The summed E-state index contributed by atoms with van der Waals surface area (Å²) in [7, 11) is -6.01. The summed E-state index contributed by atoms with van der Waals surface area (Å²) in [6.07, 6.45) is 0. The first kappa shape index (κ1) is 20.5. The van der Waals surface area contributed by atoms with Crippen molar-refractivity contribution in [1.82, 2.24) is 4.72 Å². The zero-order valence-corrected chi connectivity index (χ0v) is 18.6. The second kappa shape index (κ2) is 7.66. The molecule has 1 N–H and O–H groups in total. The van der Waals surface area contributed by atoms with Crippen LogP contribution in [-0.2, 0) is 15.2 Å². The lowest BCUT2D eigenvalue weighted by atomic mass is 10.1. The fraction of sp³-hybridized carbons (Fsp3) is 0.217. The molecule has 1 unspecified atom stereocenters. The molecule has 0 aliphatic rings. The van der Waals surface area contributed by atoms with Gasteiger partial charge < -0.3 is 0 Å². The summed E-state index contributed by atoms with van der Waals surface area (Å²) < 4.78 is 29.7. The third kappa shape index (κ3) is 3.83. The zero-order valence-electron chi connectivity index (χ0n) is 16.8. The molecule has 0 heterocycles. The largest absolute Gasteiger partial charge is 0.241 e. The van der Waals surface area contributed by atoms with Gasteiger partial charge in [0.15, 0.2) is 0 Å². The molecule has 0 saturated heterocycles. The number of sulfonamides is 1. The number of hydrogen-bond donors (Lipinski definition) is 1. The van der Waals surface area contributed by atoms with E-state index in [4.69, 9.17) is 0 Å². The van der Waals surface area contributed by atoms with Gasteiger partial charge >= 0.3 is 0 Å². The average molecular weight is 410 g/mol. The van der Waals surface area contributed by atoms with E-state index in [1.165, 1.54) is 5.19 Å². The second-order valence-corrected chi connectivity index (χ2v) is 14.4. The quantitative estimate of drug-likeness (QED) is 0.616. The molecule has 0 amide bonds. The van der Waals surface area contributed by atoms with Crippen LogP contribution in [0.15, 0.2) is 89.8 Å². The summed E-state index contributed by atoms with van der Waals surface area (Å²) in [6.45, 7) is 8.40. The van der Waals surface area contributed by atoms with Gasteiger partial charge in [0.2, 0.25) is 10.0 Å². The molecule has 0 saturated carbocycles. The SMILES string of the molecule is Cc1ccc(S(=O)(=O)NC(C)(c2ccccc2)[Si](C)(C)c2ccccc2)cc1.